The molecule has 1 aliphatic heterocycles. The predicted octanol–water partition coefficient (Wildman–Crippen LogP) is 4.73. The number of aromatic nitrogens is 3. The van der Waals surface area contributed by atoms with Crippen molar-refractivity contribution in [2.24, 2.45) is 0 Å². The largest absolute Gasteiger partial charge is 0.399 e. The van der Waals surface area contributed by atoms with E-state index >= 15 is 4.39 Å². The van der Waals surface area contributed by atoms with Crippen molar-refractivity contribution in [2.45, 2.75) is 50.6 Å². The highest BCUT2D eigenvalue weighted by Gasteiger charge is 2.38. The summed E-state index contributed by atoms with van der Waals surface area (Å²) in [6.07, 6.45) is 5.80. The van der Waals surface area contributed by atoms with E-state index in [0.29, 0.717) is 35.8 Å². The third-order valence-corrected chi connectivity index (χ3v) is 7.13. The summed E-state index contributed by atoms with van der Waals surface area (Å²) >= 11 is 0. The Morgan fingerprint density at radius 1 is 1.19 bits per heavy atom. The molecule has 7 heteroatoms. The Hall–Kier alpha value is -3.22. The number of carbonyl (C=O) groups excluding carboxylic acids is 1. The third kappa shape index (κ3) is 3.66. The fourth-order valence-electron chi connectivity index (χ4n) is 4.88. The molecule has 2 heterocycles. The second-order valence-corrected chi connectivity index (χ2v) is 9.12. The lowest BCUT2D eigenvalue weighted by molar-refractivity contribution is 0.0421. The summed E-state index contributed by atoms with van der Waals surface area (Å²) < 4.78 is 15.6. The van der Waals surface area contributed by atoms with E-state index in [1.807, 2.05) is 13.0 Å². The number of H-pyrrole nitrogens is 1. The van der Waals surface area contributed by atoms with E-state index in [2.05, 4.69) is 21.5 Å². The molecule has 1 aliphatic carbocycles. The van der Waals surface area contributed by atoms with Crippen LogP contribution < -0.4 is 5.73 Å². The molecule has 0 unspecified atom stereocenters. The van der Waals surface area contributed by atoms with E-state index in [1.165, 1.54) is 12.0 Å². The van der Waals surface area contributed by atoms with Gasteiger partial charge in [-0.2, -0.15) is 15.4 Å². The van der Waals surface area contributed by atoms with E-state index < -0.39 is 5.67 Å². The summed E-state index contributed by atoms with van der Waals surface area (Å²) in [7, 11) is 0. The van der Waals surface area contributed by atoms with Gasteiger partial charge in [0.05, 0.1) is 6.20 Å². The van der Waals surface area contributed by atoms with Gasteiger partial charge in [0, 0.05) is 42.7 Å². The Kier molecular flexibility index (Phi) is 5.19. The summed E-state index contributed by atoms with van der Waals surface area (Å²) in [6.45, 7) is 2.74. The number of halogens is 1. The minimum Gasteiger partial charge on any atom is -0.399 e. The van der Waals surface area contributed by atoms with Crippen LogP contribution in [0.3, 0.4) is 0 Å². The number of aromatic amines is 1. The summed E-state index contributed by atoms with van der Waals surface area (Å²) in [5.41, 5.74) is 10.1. The van der Waals surface area contributed by atoms with Crippen LogP contribution in [0.25, 0.3) is 11.3 Å². The van der Waals surface area contributed by atoms with Crippen LogP contribution in [-0.2, 0) is 5.67 Å². The van der Waals surface area contributed by atoms with Gasteiger partial charge < -0.3 is 10.6 Å². The average molecular weight is 434 g/mol. The van der Waals surface area contributed by atoms with Crippen LogP contribution >= 0.6 is 0 Å². The molecule has 3 N–H and O–H groups in total. The van der Waals surface area contributed by atoms with Gasteiger partial charge in [-0.05, 0) is 60.6 Å². The maximum atomic E-state index is 15.6. The van der Waals surface area contributed by atoms with Gasteiger partial charge in [0.15, 0.2) is 0 Å². The van der Waals surface area contributed by atoms with Gasteiger partial charge in [0.1, 0.15) is 11.4 Å². The highest BCUT2D eigenvalue weighted by Crippen LogP contribution is 2.42. The number of anilines is 1. The molecule has 1 saturated heterocycles. The molecule has 2 fully saturated rings. The molecular formula is C25H28FN5O. The molecule has 32 heavy (non-hydrogen) atoms. The summed E-state index contributed by atoms with van der Waals surface area (Å²) in [4.78, 5) is 15.2. The number of hydrogen-bond donors (Lipinski definition) is 2. The molecule has 6 nitrogen and oxygen atoms in total. The molecule has 1 amide bonds. The number of alkyl halides is 1. The first-order valence-corrected chi connectivity index (χ1v) is 11.3. The Balaban J connectivity index is 1.39. The summed E-state index contributed by atoms with van der Waals surface area (Å²) in [5.74, 6) is 0.457. The smallest absolute Gasteiger partial charge is 0.254 e. The number of rotatable bonds is 4. The Labute approximate surface area is 187 Å². The topological polar surface area (TPSA) is 87.9 Å². The predicted molar refractivity (Wildman–Crippen MR) is 122 cm³/mol. The molecule has 2 aliphatic rings. The summed E-state index contributed by atoms with van der Waals surface area (Å²) in [6, 6.07) is 11.1. The van der Waals surface area contributed by atoms with Gasteiger partial charge in [-0.1, -0.05) is 24.6 Å². The van der Waals surface area contributed by atoms with Gasteiger partial charge >= 0.3 is 0 Å². The van der Waals surface area contributed by atoms with Crippen molar-refractivity contribution < 1.29 is 9.18 Å². The Morgan fingerprint density at radius 2 is 1.91 bits per heavy atom. The number of nitrogens with zero attached hydrogens (tertiary/aromatic N) is 3. The van der Waals surface area contributed by atoms with Gasteiger partial charge in [0.25, 0.3) is 5.91 Å². The van der Waals surface area contributed by atoms with Crippen LogP contribution in [0.2, 0.25) is 0 Å². The quantitative estimate of drug-likeness (QED) is 0.582. The zero-order valence-corrected chi connectivity index (χ0v) is 18.3. The Bertz CT molecular complexity index is 1110. The van der Waals surface area contributed by atoms with E-state index in [1.54, 1.807) is 35.4 Å². The van der Waals surface area contributed by atoms with Gasteiger partial charge in [-0.3, -0.25) is 4.79 Å². The van der Waals surface area contributed by atoms with E-state index in [4.69, 9.17) is 5.73 Å². The minimum absolute atomic E-state index is 0.0493. The molecular weight excluding hydrogens is 405 g/mol. The number of amides is 1. The molecule has 2 aromatic carbocycles. The first kappa shape index (κ1) is 20.7. The highest BCUT2D eigenvalue weighted by molar-refractivity contribution is 5.97. The normalized spacial score (nSPS) is 18.4. The summed E-state index contributed by atoms with van der Waals surface area (Å²) in [5, 5.41) is 10.9. The number of carbonyl (C=O) groups is 1. The fourth-order valence-corrected chi connectivity index (χ4v) is 4.88. The van der Waals surface area contributed by atoms with E-state index in [9.17, 15) is 4.79 Å². The fraction of sp³-hybridized carbons (Fsp3) is 0.400. The van der Waals surface area contributed by atoms with E-state index in [-0.39, 0.29) is 18.7 Å². The maximum absolute atomic E-state index is 15.6. The molecule has 0 spiro atoms. The van der Waals surface area contributed by atoms with Crippen molar-refractivity contribution in [3.63, 3.8) is 0 Å². The molecule has 0 radical (unpaired) electrons. The number of nitrogen functional groups attached to an aromatic ring is 1. The van der Waals surface area contributed by atoms with Crippen molar-refractivity contribution in [3.05, 3.63) is 64.8 Å². The second kappa shape index (κ2) is 8.04. The SMILES string of the molecule is Cc1cc(C2CCC2)c(-c2cn[nH]n2)cc1C(=O)N1CCC(F)(c2ccc(N)cc2)CC1. The number of nitrogens with one attached hydrogen (secondary N) is 1. The molecule has 3 aromatic rings. The molecule has 5 rings (SSSR count). The van der Waals surface area contributed by atoms with Crippen molar-refractivity contribution >= 4 is 11.6 Å². The van der Waals surface area contributed by atoms with Crippen molar-refractivity contribution in [3.8, 4) is 11.3 Å². The van der Waals surface area contributed by atoms with Crippen LogP contribution in [0.1, 0.15) is 65.1 Å². The zero-order valence-electron chi connectivity index (χ0n) is 18.3. The Morgan fingerprint density at radius 3 is 2.50 bits per heavy atom. The van der Waals surface area contributed by atoms with E-state index in [0.717, 1.165) is 29.7 Å². The lowest BCUT2D eigenvalue weighted by Gasteiger charge is -2.37. The van der Waals surface area contributed by atoms with Crippen LogP contribution in [0, 0.1) is 6.92 Å². The van der Waals surface area contributed by atoms with Crippen molar-refractivity contribution in [1.82, 2.24) is 20.3 Å². The monoisotopic (exact) mass is 433 g/mol. The molecule has 1 aromatic heterocycles. The van der Waals surface area contributed by atoms with Crippen LogP contribution in [0.4, 0.5) is 10.1 Å². The first-order valence-electron chi connectivity index (χ1n) is 11.3. The van der Waals surface area contributed by atoms with Gasteiger partial charge in [-0.25, -0.2) is 4.39 Å². The third-order valence-electron chi connectivity index (χ3n) is 7.13. The van der Waals surface area contributed by atoms with Crippen molar-refractivity contribution in [2.75, 3.05) is 18.8 Å². The number of benzene rings is 2. The van der Waals surface area contributed by atoms with Crippen LogP contribution in [-0.4, -0.2) is 39.3 Å². The number of aryl methyl sites for hydroxylation is 1. The lowest BCUT2D eigenvalue weighted by atomic mass is 9.76. The van der Waals surface area contributed by atoms with Crippen LogP contribution in [0.5, 0.6) is 0 Å². The highest BCUT2D eigenvalue weighted by atomic mass is 19.1. The second-order valence-electron chi connectivity index (χ2n) is 9.12. The molecule has 0 bridgehead atoms. The first-order chi connectivity index (χ1) is 15.4. The average Bonchev–Trinajstić information content (AvgIpc) is 3.28. The standard InChI is InChI=1S/C25H28FN5O/c1-16-13-21(17-3-2-4-17)22(23-15-28-30-29-23)14-20(16)24(32)31-11-9-25(26,10-12-31)18-5-7-19(27)8-6-18/h5-8,13-15,17H,2-4,9-12,27H2,1H3,(H,28,29,30). The number of hydrogen-bond acceptors (Lipinski definition) is 4. The number of nitrogens with two attached hydrogens (primary N) is 1. The maximum Gasteiger partial charge on any atom is 0.254 e. The lowest BCUT2D eigenvalue weighted by Crippen LogP contribution is -2.43. The zero-order chi connectivity index (χ0) is 22.3. The van der Waals surface area contributed by atoms with Crippen molar-refractivity contribution in [1.29, 1.82) is 0 Å². The molecule has 0 atom stereocenters. The minimum atomic E-state index is -1.43. The number of piperidine rings is 1. The van der Waals surface area contributed by atoms with Gasteiger partial charge in [0.2, 0.25) is 0 Å². The van der Waals surface area contributed by atoms with Crippen LogP contribution in [0.15, 0.2) is 42.6 Å². The van der Waals surface area contributed by atoms with Gasteiger partial charge in [-0.15, -0.1) is 0 Å². The molecule has 1 saturated carbocycles. The molecule has 166 valence electrons. The number of likely N-dealkylation sites (tertiary alicyclic amines) is 1.